The van der Waals surface area contributed by atoms with Gasteiger partial charge in [-0.15, -0.1) is 0 Å². The molecular weight excluding hydrogens is 256 g/mol. The van der Waals surface area contributed by atoms with Gasteiger partial charge in [-0.2, -0.15) is 0 Å². The van der Waals surface area contributed by atoms with Crippen molar-refractivity contribution in [2.45, 2.75) is 6.92 Å². The second-order valence-electron chi connectivity index (χ2n) is 4.15. The van der Waals surface area contributed by atoms with E-state index in [0.717, 1.165) is 16.9 Å². The van der Waals surface area contributed by atoms with Gasteiger partial charge in [-0.25, -0.2) is 4.79 Å². The molecule has 0 aliphatic rings. The number of carbonyl (C=O) groups is 1. The molecule has 0 unspecified atom stereocenters. The highest BCUT2D eigenvalue weighted by molar-refractivity contribution is 5.94. The summed E-state index contributed by atoms with van der Waals surface area (Å²) in [7, 11) is 1.47. The monoisotopic (exact) mass is 272 g/mol. The summed E-state index contributed by atoms with van der Waals surface area (Å²) in [5, 5.41) is 9.20. The molecular formula is C16H16O4. The van der Waals surface area contributed by atoms with Crippen LogP contribution in [0.15, 0.2) is 42.5 Å². The average Bonchev–Trinajstić information content (AvgIpc) is 2.47. The molecule has 0 heterocycles. The molecule has 0 saturated carbocycles. The van der Waals surface area contributed by atoms with Crippen molar-refractivity contribution in [1.82, 2.24) is 0 Å². The minimum absolute atomic E-state index is 0.145. The third-order valence-corrected chi connectivity index (χ3v) is 2.91. The molecule has 104 valence electrons. The number of rotatable bonds is 5. The van der Waals surface area contributed by atoms with E-state index in [1.54, 1.807) is 6.07 Å². The fraction of sp³-hybridized carbons (Fsp3) is 0.188. The summed E-state index contributed by atoms with van der Waals surface area (Å²) in [4.78, 5) is 11.2. The van der Waals surface area contributed by atoms with Crippen LogP contribution >= 0.6 is 0 Å². The van der Waals surface area contributed by atoms with Gasteiger partial charge in [0.1, 0.15) is 17.1 Å². The summed E-state index contributed by atoms with van der Waals surface area (Å²) in [5.74, 6) is 0.0890. The largest absolute Gasteiger partial charge is 0.495 e. The lowest BCUT2D eigenvalue weighted by Crippen LogP contribution is -2.01. The minimum atomic E-state index is -1.01. The van der Waals surface area contributed by atoms with Gasteiger partial charge < -0.3 is 14.6 Å². The first-order valence-electron chi connectivity index (χ1n) is 6.31. The molecule has 0 aliphatic carbocycles. The van der Waals surface area contributed by atoms with E-state index >= 15 is 0 Å². The highest BCUT2D eigenvalue weighted by Gasteiger charge is 2.15. The summed E-state index contributed by atoms with van der Waals surface area (Å²) in [5.41, 5.74) is 1.73. The van der Waals surface area contributed by atoms with Crippen LogP contribution in [0.5, 0.6) is 11.5 Å². The third kappa shape index (κ3) is 2.74. The lowest BCUT2D eigenvalue weighted by Gasteiger charge is -2.12. The van der Waals surface area contributed by atoms with Crippen LogP contribution in [0.1, 0.15) is 17.3 Å². The van der Waals surface area contributed by atoms with Gasteiger partial charge in [-0.1, -0.05) is 24.3 Å². The van der Waals surface area contributed by atoms with Gasteiger partial charge in [-0.05, 0) is 30.7 Å². The van der Waals surface area contributed by atoms with Crippen molar-refractivity contribution in [2.24, 2.45) is 0 Å². The fourth-order valence-electron chi connectivity index (χ4n) is 2.07. The normalized spacial score (nSPS) is 10.1. The van der Waals surface area contributed by atoms with Gasteiger partial charge in [0.25, 0.3) is 0 Å². The highest BCUT2D eigenvalue weighted by Crippen LogP contribution is 2.34. The van der Waals surface area contributed by atoms with Crippen molar-refractivity contribution in [3.05, 3.63) is 48.0 Å². The minimum Gasteiger partial charge on any atom is -0.495 e. The Morgan fingerprint density at radius 1 is 1.20 bits per heavy atom. The number of carboxylic acid groups (broad SMARTS) is 1. The summed E-state index contributed by atoms with van der Waals surface area (Å²) >= 11 is 0. The van der Waals surface area contributed by atoms with Crippen molar-refractivity contribution in [2.75, 3.05) is 13.7 Å². The number of aromatic carboxylic acids is 1. The van der Waals surface area contributed by atoms with Crippen LogP contribution in [-0.4, -0.2) is 24.8 Å². The topological polar surface area (TPSA) is 55.8 Å². The Morgan fingerprint density at radius 3 is 2.60 bits per heavy atom. The maximum atomic E-state index is 11.2. The number of methoxy groups -OCH3 is 1. The number of hydrogen-bond acceptors (Lipinski definition) is 3. The summed E-state index contributed by atoms with van der Waals surface area (Å²) < 4.78 is 10.7. The van der Waals surface area contributed by atoms with Crippen molar-refractivity contribution >= 4 is 5.97 Å². The Hall–Kier alpha value is -2.49. The van der Waals surface area contributed by atoms with Gasteiger partial charge in [-0.3, -0.25) is 0 Å². The summed E-state index contributed by atoms with van der Waals surface area (Å²) in [6.07, 6.45) is 0. The van der Waals surface area contributed by atoms with Crippen LogP contribution in [0, 0.1) is 0 Å². The summed E-state index contributed by atoms with van der Waals surface area (Å²) in [6, 6.07) is 12.6. The standard InChI is InChI=1S/C16H16O4/c1-3-20-12-7-4-6-11(10-12)13-8-5-9-14(16(17)18)15(13)19-2/h4-10H,3H2,1-2H3,(H,17,18). The van der Waals surface area contributed by atoms with E-state index in [9.17, 15) is 9.90 Å². The van der Waals surface area contributed by atoms with E-state index in [-0.39, 0.29) is 5.56 Å². The molecule has 2 rings (SSSR count). The van der Waals surface area contributed by atoms with Crippen LogP contribution in [-0.2, 0) is 0 Å². The Bertz CT molecular complexity index is 620. The smallest absolute Gasteiger partial charge is 0.339 e. The van der Waals surface area contributed by atoms with E-state index < -0.39 is 5.97 Å². The molecule has 0 amide bonds. The molecule has 4 nitrogen and oxygen atoms in total. The van der Waals surface area contributed by atoms with E-state index in [0.29, 0.717) is 12.4 Å². The molecule has 2 aromatic carbocycles. The van der Waals surface area contributed by atoms with Crippen molar-refractivity contribution in [1.29, 1.82) is 0 Å². The Labute approximate surface area is 117 Å². The lowest BCUT2D eigenvalue weighted by atomic mass is 10.0. The molecule has 1 N–H and O–H groups in total. The van der Waals surface area contributed by atoms with Crippen molar-refractivity contribution < 1.29 is 19.4 Å². The maximum absolute atomic E-state index is 11.2. The predicted molar refractivity (Wildman–Crippen MR) is 76.6 cm³/mol. The first-order chi connectivity index (χ1) is 9.67. The molecule has 4 heteroatoms. The average molecular weight is 272 g/mol. The summed E-state index contributed by atoms with van der Waals surface area (Å²) in [6.45, 7) is 2.49. The molecule has 0 radical (unpaired) electrons. The number of hydrogen-bond donors (Lipinski definition) is 1. The molecule has 0 fully saturated rings. The second kappa shape index (κ2) is 6.10. The second-order valence-corrected chi connectivity index (χ2v) is 4.15. The van der Waals surface area contributed by atoms with Crippen molar-refractivity contribution in [3.63, 3.8) is 0 Å². The van der Waals surface area contributed by atoms with Crippen LogP contribution in [0.2, 0.25) is 0 Å². The van der Waals surface area contributed by atoms with Gasteiger partial charge in [0.05, 0.1) is 13.7 Å². The fourth-order valence-corrected chi connectivity index (χ4v) is 2.07. The molecule has 0 atom stereocenters. The zero-order valence-corrected chi connectivity index (χ0v) is 11.4. The third-order valence-electron chi connectivity index (χ3n) is 2.91. The van der Waals surface area contributed by atoms with Gasteiger partial charge in [0.15, 0.2) is 0 Å². The zero-order valence-electron chi connectivity index (χ0n) is 11.4. The van der Waals surface area contributed by atoms with E-state index in [4.69, 9.17) is 9.47 Å². The molecule has 0 bridgehead atoms. The molecule has 20 heavy (non-hydrogen) atoms. The SMILES string of the molecule is CCOc1cccc(-c2cccc(C(=O)O)c2OC)c1. The van der Waals surface area contributed by atoms with Crippen LogP contribution in [0.25, 0.3) is 11.1 Å². The number of carboxylic acids is 1. The van der Waals surface area contributed by atoms with Crippen LogP contribution in [0.4, 0.5) is 0 Å². The quantitative estimate of drug-likeness (QED) is 0.905. The maximum Gasteiger partial charge on any atom is 0.339 e. The van der Waals surface area contributed by atoms with Crippen LogP contribution < -0.4 is 9.47 Å². The number of benzene rings is 2. The van der Waals surface area contributed by atoms with Gasteiger partial charge in [0, 0.05) is 5.56 Å². The molecule has 0 aromatic heterocycles. The molecule has 0 spiro atoms. The zero-order chi connectivity index (χ0) is 14.5. The van der Waals surface area contributed by atoms with E-state index in [2.05, 4.69) is 0 Å². The first-order valence-corrected chi connectivity index (χ1v) is 6.31. The first kappa shape index (κ1) is 13.9. The van der Waals surface area contributed by atoms with E-state index in [1.165, 1.54) is 13.2 Å². The van der Waals surface area contributed by atoms with E-state index in [1.807, 2.05) is 37.3 Å². The van der Waals surface area contributed by atoms with Crippen molar-refractivity contribution in [3.8, 4) is 22.6 Å². The predicted octanol–water partition coefficient (Wildman–Crippen LogP) is 3.46. The lowest BCUT2D eigenvalue weighted by molar-refractivity contribution is 0.0693. The van der Waals surface area contributed by atoms with Gasteiger partial charge in [0.2, 0.25) is 0 Å². The Morgan fingerprint density at radius 2 is 1.95 bits per heavy atom. The Kier molecular flexibility index (Phi) is 4.25. The molecule has 0 aliphatic heterocycles. The highest BCUT2D eigenvalue weighted by atomic mass is 16.5. The number of ether oxygens (including phenoxy) is 2. The molecule has 2 aromatic rings. The van der Waals surface area contributed by atoms with Gasteiger partial charge >= 0.3 is 5.97 Å². The van der Waals surface area contributed by atoms with Crippen LogP contribution in [0.3, 0.4) is 0 Å². The number of para-hydroxylation sites is 1. The molecule has 0 saturated heterocycles. The Balaban J connectivity index is 2.54.